The highest BCUT2D eigenvalue weighted by Crippen LogP contribution is 2.38. The smallest absolute Gasteiger partial charge is 0.174 e. The highest BCUT2D eigenvalue weighted by Gasteiger charge is 2.34. The summed E-state index contributed by atoms with van der Waals surface area (Å²) in [5, 5.41) is 0. The Morgan fingerprint density at radius 2 is 1.81 bits per heavy atom. The lowest BCUT2D eigenvalue weighted by Crippen LogP contribution is -2.25. The molecule has 1 aromatic carbocycles. The van der Waals surface area contributed by atoms with E-state index in [4.69, 9.17) is 9.47 Å². The van der Waals surface area contributed by atoms with Crippen LogP contribution in [0.1, 0.15) is 36.0 Å². The fourth-order valence-electron chi connectivity index (χ4n) is 3.17. The van der Waals surface area contributed by atoms with Crippen molar-refractivity contribution in [2.75, 3.05) is 20.4 Å². The van der Waals surface area contributed by atoms with Crippen LogP contribution in [-0.4, -0.2) is 26.2 Å². The lowest BCUT2D eigenvalue weighted by molar-refractivity contribution is 0.0885. The maximum Gasteiger partial charge on any atom is 0.174 e. The van der Waals surface area contributed by atoms with Gasteiger partial charge in [-0.2, -0.15) is 0 Å². The van der Waals surface area contributed by atoms with Crippen molar-refractivity contribution in [1.29, 1.82) is 0 Å². The van der Waals surface area contributed by atoms with E-state index in [1.165, 1.54) is 0 Å². The van der Waals surface area contributed by atoms with Crippen LogP contribution >= 0.6 is 8.46 Å². The molecule has 0 aromatic heterocycles. The van der Waals surface area contributed by atoms with Gasteiger partial charge in [-0.15, -0.1) is 0 Å². The van der Waals surface area contributed by atoms with Gasteiger partial charge in [0.15, 0.2) is 14.2 Å². The topological polar surface area (TPSA) is 52.6 Å². The molecule has 5 heteroatoms. The SMILES string of the molecule is COc1cccc(OC)c1C(=O)C(CP=O)C1CCCC1. The van der Waals surface area contributed by atoms with Crippen molar-refractivity contribution in [1.82, 2.24) is 0 Å². The molecule has 2 rings (SSSR count). The van der Waals surface area contributed by atoms with Gasteiger partial charge >= 0.3 is 0 Å². The predicted octanol–water partition coefficient (Wildman–Crippen LogP) is 3.98. The van der Waals surface area contributed by atoms with E-state index in [1.807, 2.05) is 0 Å². The number of Topliss-reactive ketones (excluding diaryl/α,β-unsaturated/α-hetero) is 1. The number of hydrogen-bond donors (Lipinski definition) is 0. The van der Waals surface area contributed by atoms with Crippen molar-refractivity contribution in [3.05, 3.63) is 23.8 Å². The Morgan fingerprint density at radius 3 is 2.29 bits per heavy atom. The van der Waals surface area contributed by atoms with Gasteiger partial charge in [0.25, 0.3) is 0 Å². The molecule has 0 radical (unpaired) electrons. The molecule has 1 aliphatic carbocycles. The van der Waals surface area contributed by atoms with E-state index in [9.17, 15) is 9.36 Å². The van der Waals surface area contributed by atoms with E-state index in [1.54, 1.807) is 32.4 Å². The van der Waals surface area contributed by atoms with Gasteiger partial charge in [0, 0.05) is 12.1 Å². The molecule has 114 valence electrons. The van der Waals surface area contributed by atoms with E-state index >= 15 is 0 Å². The molecule has 0 amide bonds. The fourth-order valence-corrected chi connectivity index (χ4v) is 3.79. The fraction of sp³-hybridized carbons (Fsp3) is 0.562. The summed E-state index contributed by atoms with van der Waals surface area (Å²) in [7, 11) is 3.11. The first-order valence-corrected chi connectivity index (χ1v) is 8.27. The quantitative estimate of drug-likeness (QED) is 0.564. The van der Waals surface area contributed by atoms with Gasteiger partial charge in [-0.05, 0) is 30.9 Å². The summed E-state index contributed by atoms with van der Waals surface area (Å²) in [5.74, 6) is 1.11. The number of methoxy groups -OCH3 is 2. The van der Waals surface area contributed by atoms with Crippen LogP contribution in [0.3, 0.4) is 0 Å². The van der Waals surface area contributed by atoms with E-state index in [-0.39, 0.29) is 20.2 Å². The number of hydrogen-bond acceptors (Lipinski definition) is 4. The molecule has 1 aromatic rings. The summed E-state index contributed by atoms with van der Waals surface area (Å²) in [6, 6.07) is 5.32. The van der Waals surface area contributed by atoms with Crippen molar-refractivity contribution in [3.63, 3.8) is 0 Å². The number of ether oxygens (including phenoxy) is 2. The second-order valence-electron chi connectivity index (χ2n) is 5.36. The average Bonchev–Trinajstić information content (AvgIpc) is 3.05. The zero-order valence-corrected chi connectivity index (χ0v) is 13.4. The van der Waals surface area contributed by atoms with E-state index in [0.717, 1.165) is 25.7 Å². The maximum atomic E-state index is 13.0. The van der Waals surface area contributed by atoms with Gasteiger partial charge < -0.3 is 9.47 Å². The molecular weight excluding hydrogens is 287 g/mol. The van der Waals surface area contributed by atoms with Gasteiger partial charge in [0.1, 0.15) is 17.1 Å². The van der Waals surface area contributed by atoms with Crippen molar-refractivity contribution < 1.29 is 18.8 Å². The molecule has 1 aliphatic rings. The van der Waals surface area contributed by atoms with E-state index < -0.39 is 0 Å². The second kappa shape index (κ2) is 7.56. The molecule has 1 unspecified atom stereocenters. The zero-order chi connectivity index (χ0) is 15.2. The van der Waals surface area contributed by atoms with Crippen LogP contribution in [-0.2, 0) is 4.57 Å². The highest BCUT2D eigenvalue weighted by atomic mass is 31.1. The van der Waals surface area contributed by atoms with Crippen LogP contribution in [0.15, 0.2) is 18.2 Å². The molecular formula is C16H21O4P. The van der Waals surface area contributed by atoms with Gasteiger partial charge in [-0.3, -0.25) is 9.36 Å². The number of rotatable bonds is 7. The summed E-state index contributed by atoms with van der Waals surface area (Å²) >= 11 is 0. The highest BCUT2D eigenvalue weighted by molar-refractivity contribution is 7.23. The Labute approximate surface area is 127 Å². The third-order valence-corrected chi connectivity index (χ3v) is 4.79. The minimum absolute atomic E-state index is 0.0143. The van der Waals surface area contributed by atoms with Gasteiger partial charge in [0.05, 0.1) is 14.2 Å². The summed E-state index contributed by atoms with van der Waals surface area (Å²) in [6.07, 6.45) is 4.72. The third-order valence-electron chi connectivity index (χ3n) is 4.25. The predicted molar refractivity (Wildman–Crippen MR) is 81.8 cm³/mol. The van der Waals surface area contributed by atoms with Crippen LogP contribution in [0.2, 0.25) is 0 Å². The van der Waals surface area contributed by atoms with Crippen LogP contribution in [0.5, 0.6) is 11.5 Å². The molecule has 0 spiro atoms. The number of carbonyl (C=O) groups excluding carboxylic acids is 1. The monoisotopic (exact) mass is 308 g/mol. The lowest BCUT2D eigenvalue weighted by atomic mass is 9.85. The summed E-state index contributed by atoms with van der Waals surface area (Å²) in [5.41, 5.74) is 0.475. The molecule has 0 bridgehead atoms. The summed E-state index contributed by atoms with van der Waals surface area (Å²) in [4.78, 5) is 13.0. The molecule has 0 N–H and O–H groups in total. The molecule has 1 atom stereocenters. The first-order chi connectivity index (χ1) is 10.2. The Balaban J connectivity index is 2.37. The van der Waals surface area contributed by atoms with Crippen LogP contribution in [0.25, 0.3) is 0 Å². The Morgan fingerprint density at radius 1 is 1.24 bits per heavy atom. The summed E-state index contributed by atoms with van der Waals surface area (Å²) < 4.78 is 21.7. The van der Waals surface area contributed by atoms with Gasteiger partial charge in [-0.1, -0.05) is 18.9 Å². The third kappa shape index (κ3) is 3.44. The molecule has 21 heavy (non-hydrogen) atoms. The molecule has 0 heterocycles. The van der Waals surface area contributed by atoms with Crippen molar-refractivity contribution in [2.24, 2.45) is 11.8 Å². The van der Waals surface area contributed by atoms with Crippen LogP contribution < -0.4 is 9.47 Å². The average molecular weight is 308 g/mol. The Bertz CT molecular complexity index is 487. The maximum absolute atomic E-state index is 13.0. The molecule has 1 saturated carbocycles. The standard InChI is InChI=1S/C16H21O4P/c1-19-13-8-5-9-14(20-2)15(13)16(17)12(10-21-18)11-6-3-4-7-11/h5,8-9,11-12H,3-4,6-7,10H2,1-2H3. The minimum atomic E-state index is -0.225. The number of benzene rings is 1. The number of ketones is 1. The largest absolute Gasteiger partial charge is 0.496 e. The van der Waals surface area contributed by atoms with Gasteiger partial charge in [-0.25, -0.2) is 0 Å². The molecule has 0 aliphatic heterocycles. The minimum Gasteiger partial charge on any atom is -0.496 e. The van der Waals surface area contributed by atoms with Crippen LogP contribution in [0.4, 0.5) is 0 Å². The van der Waals surface area contributed by atoms with Crippen LogP contribution in [0, 0.1) is 11.8 Å². The first-order valence-electron chi connectivity index (χ1n) is 7.27. The van der Waals surface area contributed by atoms with Crippen molar-refractivity contribution in [3.8, 4) is 11.5 Å². The first kappa shape index (κ1) is 16.0. The normalized spacial score (nSPS) is 16.9. The van der Waals surface area contributed by atoms with Crippen molar-refractivity contribution in [2.45, 2.75) is 25.7 Å². The molecule has 4 nitrogen and oxygen atoms in total. The Hall–Kier alpha value is -1.41. The van der Waals surface area contributed by atoms with Gasteiger partial charge in [0.2, 0.25) is 0 Å². The lowest BCUT2D eigenvalue weighted by Gasteiger charge is -2.22. The van der Waals surface area contributed by atoms with Crippen molar-refractivity contribution >= 4 is 14.2 Å². The number of carbonyl (C=O) groups is 1. The summed E-state index contributed by atoms with van der Waals surface area (Å²) in [6.45, 7) is 0. The zero-order valence-electron chi connectivity index (χ0n) is 12.5. The Kier molecular flexibility index (Phi) is 5.75. The molecule has 0 saturated heterocycles. The second-order valence-corrected chi connectivity index (χ2v) is 5.99. The molecule has 1 fully saturated rings. The van der Waals surface area contributed by atoms with E-state index in [2.05, 4.69) is 0 Å². The van der Waals surface area contributed by atoms with E-state index in [0.29, 0.717) is 29.1 Å².